The van der Waals surface area contributed by atoms with Crippen LogP contribution in [0.5, 0.6) is 0 Å². The molecule has 0 aromatic carbocycles. The maximum atomic E-state index is 10.8. The first-order chi connectivity index (χ1) is 4.91. The Morgan fingerprint density at radius 3 is 2.27 bits per heavy atom. The Bertz CT molecular complexity index is 229. The van der Waals surface area contributed by atoms with E-state index in [2.05, 4.69) is 0 Å². The van der Waals surface area contributed by atoms with E-state index in [4.69, 9.17) is 5.73 Å². The Kier molecular flexibility index (Phi) is 2.25. The summed E-state index contributed by atoms with van der Waals surface area (Å²) in [5.41, 5.74) is 5.70. The third kappa shape index (κ3) is 2.79. The van der Waals surface area contributed by atoms with Gasteiger partial charge in [0.1, 0.15) is 9.84 Å². The quantitative estimate of drug-likeness (QED) is 0.674. The van der Waals surface area contributed by atoms with Crippen LogP contribution in [0.4, 0.5) is 0 Å². The van der Waals surface area contributed by atoms with E-state index in [0.29, 0.717) is 6.42 Å². The zero-order chi connectivity index (χ0) is 8.54. The van der Waals surface area contributed by atoms with Gasteiger partial charge in [0.15, 0.2) is 0 Å². The Balaban J connectivity index is 2.33. The highest BCUT2D eigenvalue weighted by Gasteiger charge is 2.32. The Morgan fingerprint density at radius 1 is 1.45 bits per heavy atom. The maximum Gasteiger partial charge on any atom is 0.147 e. The van der Waals surface area contributed by atoms with Gasteiger partial charge in [0.2, 0.25) is 0 Å². The normalized spacial score (nSPS) is 22.7. The largest absolute Gasteiger partial charge is 0.325 e. The fourth-order valence-electron chi connectivity index (χ4n) is 1.27. The van der Waals surface area contributed by atoms with Gasteiger partial charge in [-0.15, -0.1) is 0 Å². The average molecular weight is 177 g/mol. The molecule has 11 heavy (non-hydrogen) atoms. The number of hydrogen-bond acceptors (Lipinski definition) is 3. The van der Waals surface area contributed by atoms with Gasteiger partial charge in [0, 0.05) is 11.8 Å². The zero-order valence-corrected chi connectivity index (χ0v) is 7.65. The van der Waals surface area contributed by atoms with Gasteiger partial charge in [-0.05, 0) is 25.7 Å². The third-order valence-corrected chi connectivity index (χ3v) is 3.27. The van der Waals surface area contributed by atoms with E-state index < -0.39 is 9.84 Å². The summed E-state index contributed by atoms with van der Waals surface area (Å²) in [4.78, 5) is 0. The van der Waals surface area contributed by atoms with Crippen LogP contribution in [0.3, 0.4) is 0 Å². The van der Waals surface area contributed by atoms with Crippen LogP contribution in [0.25, 0.3) is 0 Å². The minimum Gasteiger partial charge on any atom is -0.325 e. The highest BCUT2D eigenvalue weighted by Crippen LogP contribution is 2.32. The predicted octanol–water partition coefficient (Wildman–Crippen LogP) is 0.303. The predicted molar refractivity (Wildman–Crippen MR) is 45.1 cm³/mol. The topological polar surface area (TPSA) is 60.2 Å². The van der Waals surface area contributed by atoms with Gasteiger partial charge in [-0.3, -0.25) is 0 Å². The molecule has 2 N–H and O–H groups in total. The number of hydrogen-bond donors (Lipinski definition) is 1. The van der Waals surface area contributed by atoms with Crippen molar-refractivity contribution in [2.75, 3.05) is 12.0 Å². The van der Waals surface area contributed by atoms with Crippen molar-refractivity contribution in [1.29, 1.82) is 0 Å². The Hall–Kier alpha value is -0.0900. The van der Waals surface area contributed by atoms with E-state index in [1.165, 1.54) is 6.26 Å². The van der Waals surface area contributed by atoms with Crippen molar-refractivity contribution in [3.63, 3.8) is 0 Å². The third-order valence-electron chi connectivity index (χ3n) is 2.32. The van der Waals surface area contributed by atoms with Crippen molar-refractivity contribution < 1.29 is 8.42 Å². The van der Waals surface area contributed by atoms with Crippen LogP contribution < -0.4 is 5.73 Å². The van der Waals surface area contributed by atoms with Crippen molar-refractivity contribution >= 4 is 9.84 Å². The second kappa shape index (κ2) is 2.75. The minimum absolute atomic E-state index is 0.150. The molecule has 0 aromatic heterocycles. The summed E-state index contributed by atoms with van der Waals surface area (Å²) in [6.45, 7) is 0. The molecule has 0 bridgehead atoms. The lowest BCUT2D eigenvalue weighted by atomic mass is 9.76. The number of sulfone groups is 1. The highest BCUT2D eigenvalue weighted by molar-refractivity contribution is 7.90. The first-order valence-electron chi connectivity index (χ1n) is 3.88. The smallest absolute Gasteiger partial charge is 0.147 e. The second-order valence-corrected chi connectivity index (χ2v) is 5.86. The van der Waals surface area contributed by atoms with E-state index in [1.54, 1.807) is 0 Å². The first kappa shape index (κ1) is 9.00. The summed E-state index contributed by atoms with van der Waals surface area (Å²) in [5, 5.41) is 0. The van der Waals surface area contributed by atoms with Gasteiger partial charge in [-0.25, -0.2) is 8.42 Å². The van der Waals surface area contributed by atoms with E-state index in [1.807, 2.05) is 0 Å². The summed E-state index contributed by atoms with van der Waals surface area (Å²) >= 11 is 0. The molecule has 0 aliphatic heterocycles. The molecule has 1 aliphatic carbocycles. The fourth-order valence-corrected chi connectivity index (χ4v) is 2.05. The lowest BCUT2D eigenvalue weighted by molar-refractivity contribution is 0.241. The van der Waals surface area contributed by atoms with Crippen molar-refractivity contribution in [1.82, 2.24) is 0 Å². The average Bonchev–Trinajstić information content (AvgIpc) is 1.77. The molecule has 1 rings (SSSR count). The molecule has 0 heterocycles. The standard InChI is InChI=1S/C7H15NO2S/c1-11(9,10)6-5-7(8)3-2-4-7/h2-6,8H2,1H3. The van der Waals surface area contributed by atoms with E-state index >= 15 is 0 Å². The molecular formula is C7H15NO2S. The van der Waals surface area contributed by atoms with E-state index in [0.717, 1.165) is 19.3 Å². The molecule has 1 fully saturated rings. The molecular weight excluding hydrogens is 162 g/mol. The first-order valence-corrected chi connectivity index (χ1v) is 5.94. The molecule has 0 saturated heterocycles. The molecule has 1 aliphatic rings. The van der Waals surface area contributed by atoms with Crippen LogP contribution >= 0.6 is 0 Å². The van der Waals surface area contributed by atoms with Crippen LogP contribution in [0.15, 0.2) is 0 Å². The van der Waals surface area contributed by atoms with Crippen molar-refractivity contribution in [3.8, 4) is 0 Å². The van der Waals surface area contributed by atoms with E-state index in [-0.39, 0.29) is 11.3 Å². The van der Waals surface area contributed by atoms with Gasteiger partial charge in [-0.2, -0.15) is 0 Å². The molecule has 0 spiro atoms. The second-order valence-electron chi connectivity index (χ2n) is 3.60. The molecule has 0 unspecified atom stereocenters. The summed E-state index contributed by atoms with van der Waals surface area (Å²) in [7, 11) is -2.81. The Labute approximate surface area is 67.9 Å². The van der Waals surface area contributed by atoms with Crippen molar-refractivity contribution in [2.45, 2.75) is 31.2 Å². The fraction of sp³-hybridized carbons (Fsp3) is 1.00. The Morgan fingerprint density at radius 2 is 2.00 bits per heavy atom. The molecule has 66 valence electrons. The number of nitrogens with two attached hydrogens (primary N) is 1. The zero-order valence-electron chi connectivity index (χ0n) is 6.84. The monoisotopic (exact) mass is 177 g/mol. The van der Waals surface area contributed by atoms with Crippen LogP contribution in [-0.2, 0) is 9.84 Å². The molecule has 0 radical (unpaired) electrons. The summed E-state index contributed by atoms with van der Waals surface area (Å²) in [6.07, 6.45) is 5.02. The van der Waals surface area contributed by atoms with Crippen molar-refractivity contribution in [3.05, 3.63) is 0 Å². The van der Waals surface area contributed by atoms with Gasteiger partial charge in [-0.1, -0.05) is 0 Å². The van der Waals surface area contributed by atoms with Gasteiger partial charge in [0.25, 0.3) is 0 Å². The van der Waals surface area contributed by atoms with Crippen LogP contribution in [0, 0.1) is 0 Å². The van der Waals surface area contributed by atoms with Gasteiger partial charge < -0.3 is 5.73 Å². The van der Waals surface area contributed by atoms with Crippen molar-refractivity contribution in [2.24, 2.45) is 5.73 Å². The lowest BCUT2D eigenvalue weighted by Gasteiger charge is -2.37. The molecule has 0 aromatic rings. The molecule has 4 heteroatoms. The van der Waals surface area contributed by atoms with Crippen LogP contribution in [0.1, 0.15) is 25.7 Å². The molecule has 1 saturated carbocycles. The molecule has 0 atom stereocenters. The van der Waals surface area contributed by atoms with Crippen LogP contribution in [-0.4, -0.2) is 26.0 Å². The van der Waals surface area contributed by atoms with E-state index in [9.17, 15) is 8.42 Å². The maximum absolute atomic E-state index is 10.8. The minimum atomic E-state index is -2.81. The molecule has 0 amide bonds. The summed E-state index contributed by atoms with van der Waals surface area (Å²) in [5.74, 6) is 0.240. The highest BCUT2D eigenvalue weighted by atomic mass is 32.2. The summed E-state index contributed by atoms with van der Waals surface area (Å²) in [6, 6.07) is 0. The summed E-state index contributed by atoms with van der Waals surface area (Å²) < 4.78 is 21.5. The van der Waals surface area contributed by atoms with Crippen LogP contribution in [0.2, 0.25) is 0 Å². The SMILES string of the molecule is CS(=O)(=O)CCC1(N)CCC1. The van der Waals surface area contributed by atoms with Gasteiger partial charge >= 0.3 is 0 Å². The van der Waals surface area contributed by atoms with Gasteiger partial charge in [0.05, 0.1) is 5.75 Å². The number of rotatable bonds is 3. The molecule has 3 nitrogen and oxygen atoms in total. The lowest BCUT2D eigenvalue weighted by Crippen LogP contribution is -2.47.